The highest BCUT2D eigenvalue weighted by Crippen LogP contribution is 2.50. The van der Waals surface area contributed by atoms with E-state index in [0.29, 0.717) is 11.3 Å². The van der Waals surface area contributed by atoms with E-state index in [4.69, 9.17) is 0 Å². The maximum absolute atomic E-state index is 4.10. The Bertz CT molecular complexity index is 332. The molecular formula is C15H22. The standard InChI is InChI=1S/C15H22/c1-11(2)13-8-9-14-7-5-6-12(3)15(14,4)10-13/h7-9,12-13H,1,5-6,10H2,2-4H3. The maximum atomic E-state index is 4.10. The van der Waals surface area contributed by atoms with Crippen LogP contribution in [0.25, 0.3) is 0 Å². The summed E-state index contributed by atoms with van der Waals surface area (Å²) in [7, 11) is 0. The fourth-order valence-corrected chi connectivity index (χ4v) is 2.99. The first-order valence-corrected chi connectivity index (χ1v) is 6.08. The van der Waals surface area contributed by atoms with Crippen molar-refractivity contribution in [3.05, 3.63) is 36.0 Å². The molecule has 0 saturated carbocycles. The van der Waals surface area contributed by atoms with Crippen LogP contribution in [0.3, 0.4) is 0 Å². The Kier molecular flexibility index (Phi) is 2.62. The zero-order chi connectivity index (χ0) is 11.1. The summed E-state index contributed by atoms with van der Waals surface area (Å²) < 4.78 is 0. The molecule has 0 fully saturated rings. The van der Waals surface area contributed by atoms with Crippen LogP contribution in [0.15, 0.2) is 36.0 Å². The smallest absolute Gasteiger partial charge is 0.00170 e. The zero-order valence-electron chi connectivity index (χ0n) is 10.2. The molecule has 0 spiro atoms. The molecule has 0 bridgehead atoms. The van der Waals surface area contributed by atoms with Gasteiger partial charge >= 0.3 is 0 Å². The molecule has 15 heavy (non-hydrogen) atoms. The number of allylic oxidation sites excluding steroid dienone is 5. The summed E-state index contributed by atoms with van der Waals surface area (Å²) >= 11 is 0. The SMILES string of the molecule is C=C(C)C1C=CC2=CCCC(C)C2(C)C1. The van der Waals surface area contributed by atoms with E-state index in [1.807, 2.05) is 0 Å². The number of hydrogen-bond acceptors (Lipinski definition) is 0. The average molecular weight is 202 g/mol. The molecule has 0 aromatic carbocycles. The molecule has 0 saturated heterocycles. The van der Waals surface area contributed by atoms with E-state index in [0.717, 1.165) is 5.92 Å². The van der Waals surface area contributed by atoms with Crippen LogP contribution in [0, 0.1) is 17.3 Å². The van der Waals surface area contributed by atoms with E-state index in [1.54, 1.807) is 5.57 Å². The van der Waals surface area contributed by atoms with Crippen LogP contribution in [0.5, 0.6) is 0 Å². The van der Waals surface area contributed by atoms with Crippen LogP contribution in [0.4, 0.5) is 0 Å². The predicted molar refractivity (Wildman–Crippen MR) is 66.6 cm³/mol. The Hall–Kier alpha value is -0.780. The largest absolute Gasteiger partial charge is 0.0995 e. The molecule has 0 N–H and O–H groups in total. The van der Waals surface area contributed by atoms with Gasteiger partial charge in [-0.3, -0.25) is 0 Å². The summed E-state index contributed by atoms with van der Waals surface area (Å²) in [6.45, 7) is 11.1. The van der Waals surface area contributed by atoms with Gasteiger partial charge in [-0.25, -0.2) is 0 Å². The van der Waals surface area contributed by atoms with Crippen molar-refractivity contribution >= 4 is 0 Å². The average Bonchev–Trinajstić information content (AvgIpc) is 2.19. The van der Waals surface area contributed by atoms with Crippen molar-refractivity contribution in [3.8, 4) is 0 Å². The minimum atomic E-state index is 0.399. The molecule has 2 aliphatic carbocycles. The van der Waals surface area contributed by atoms with E-state index in [9.17, 15) is 0 Å². The predicted octanol–water partition coefficient (Wildman–Crippen LogP) is 4.50. The Labute approximate surface area is 93.8 Å². The van der Waals surface area contributed by atoms with Gasteiger partial charge in [0.15, 0.2) is 0 Å². The summed E-state index contributed by atoms with van der Waals surface area (Å²) in [5.41, 5.74) is 3.28. The third kappa shape index (κ3) is 1.71. The maximum Gasteiger partial charge on any atom is -0.00170 e. The van der Waals surface area contributed by atoms with Crippen molar-refractivity contribution in [2.24, 2.45) is 17.3 Å². The summed E-state index contributed by atoms with van der Waals surface area (Å²) in [5.74, 6) is 1.40. The van der Waals surface area contributed by atoms with Crippen LogP contribution in [-0.4, -0.2) is 0 Å². The van der Waals surface area contributed by atoms with E-state index >= 15 is 0 Å². The topological polar surface area (TPSA) is 0 Å². The minimum absolute atomic E-state index is 0.399. The van der Waals surface area contributed by atoms with Gasteiger partial charge in [-0.05, 0) is 49.0 Å². The lowest BCUT2D eigenvalue weighted by molar-refractivity contribution is 0.195. The molecule has 0 aromatic heterocycles. The lowest BCUT2D eigenvalue weighted by atomic mass is 9.60. The van der Waals surface area contributed by atoms with Crippen LogP contribution in [0.2, 0.25) is 0 Å². The summed E-state index contributed by atoms with van der Waals surface area (Å²) in [4.78, 5) is 0. The zero-order valence-corrected chi connectivity index (χ0v) is 10.2. The second-order valence-corrected chi connectivity index (χ2v) is 5.57. The first-order valence-electron chi connectivity index (χ1n) is 6.08. The van der Waals surface area contributed by atoms with Crippen LogP contribution in [-0.2, 0) is 0 Å². The fraction of sp³-hybridized carbons (Fsp3) is 0.600. The second kappa shape index (κ2) is 3.66. The normalized spacial score (nSPS) is 39.5. The van der Waals surface area contributed by atoms with Crippen molar-refractivity contribution in [3.63, 3.8) is 0 Å². The number of hydrogen-bond donors (Lipinski definition) is 0. The van der Waals surface area contributed by atoms with Gasteiger partial charge < -0.3 is 0 Å². The highest BCUT2D eigenvalue weighted by atomic mass is 14.4. The fourth-order valence-electron chi connectivity index (χ4n) is 2.99. The van der Waals surface area contributed by atoms with E-state index < -0.39 is 0 Å². The number of fused-ring (bicyclic) bond motifs is 1. The molecule has 0 nitrogen and oxygen atoms in total. The highest BCUT2D eigenvalue weighted by molar-refractivity contribution is 5.35. The molecule has 0 heteroatoms. The van der Waals surface area contributed by atoms with Crippen molar-refractivity contribution in [1.29, 1.82) is 0 Å². The Balaban J connectivity index is 2.34. The third-order valence-electron chi connectivity index (χ3n) is 4.50. The molecule has 82 valence electrons. The van der Waals surface area contributed by atoms with Crippen LogP contribution in [0.1, 0.15) is 40.0 Å². The lowest BCUT2D eigenvalue weighted by Crippen LogP contribution is -2.34. The first kappa shape index (κ1) is 10.7. The first-order chi connectivity index (χ1) is 7.04. The Morgan fingerprint density at radius 2 is 2.27 bits per heavy atom. The number of rotatable bonds is 1. The highest BCUT2D eigenvalue weighted by Gasteiger charge is 2.39. The Morgan fingerprint density at radius 3 is 2.93 bits per heavy atom. The molecule has 0 heterocycles. The van der Waals surface area contributed by atoms with Crippen molar-refractivity contribution < 1.29 is 0 Å². The van der Waals surface area contributed by atoms with Crippen molar-refractivity contribution in [2.75, 3.05) is 0 Å². The molecular weight excluding hydrogens is 180 g/mol. The molecule has 0 radical (unpaired) electrons. The molecule has 0 aliphatic heterocycles. The van der Waals surface area contributed by atoms with E-state index in [2.05, 4.69) is 45.6 Å². The van der Waals surface area contributed by atoms with Crippen molar-refractivity contribution in [2.45, 2.75) is 40.0 Å². The van der Waals surface area contributed by atoms with Gasteiger partial charge in [0.1, 0.15) is 0 Å². The molecule has 2 rings (SSSR count). The van der Waals surface area contributed by atoms with E-state index in [1.165, 1.54) is 24.8 Å². The van der Waals surface area contributed by atoms with Gasteiger partial charge in [0.05, 0.1) is 0 Å². The summed E-state index contributed by atoms with van der Waals surface area (Å²) in [6.07, 6.45) is 11.0. The molecule has 0 amide bonds. The van der Waals surface area contributed by atoms with Crippen LogP contribution < -0.4 is 0 Å². The summed E-state index contributed by atoms with van der Waals surface area (Å²) in [6, 6.07) is 0. The van der Waals surface area contributed by atoms with Gasteiger partial charge in [0.25, 0.3) is 0 Å². The van der Waals surface area contributed by atoms with Gasteiger partial charge in [-0.1, -0.05) is 44.2 Å². The summed E-state index contributed by atoms with van der Waals surface area (Å²) in [5, 5.41) is 0. The quantitative estimate of drug-likeness (QED) is 0.549. The van der Waals surface area contributed by atoms with Crippen LogP contribution >= 0.6 is 0 Å². The van der Waals surface area contributed by atoms with Gasteiger partial charge in [-0.15, -0.1) is 0 Å². The molecule has 2 aliphatic rings. The van der Waals surface area contributed by atoms with Gasteiger partial charge in [0, 0.05) is 0 Å². The van der Waals surface area contributed by atoms with E-state index in [-0.39, 0.29) is 0 Å². The Morgan fingerprint density at radius 1 is 1.53 bits per heavy atom. The molecule has 3 atom stereocenters. The minimum Gasteiger partial charge on any atom is -0.0995 e. The van der Waals surface area contributed by atoms with Gasteiger partial charge in [0.2, 0.25) is 0 Å². The molecule has 3 unspecified atom stereocenters. The molecule has 0 aromatic rings. The van der Waals surface area contributed by atoms with Crippen molar-refractivity contribution in [1.82, 2.24) is 0 Å². The second-order valence-electron chi connectivity index (χ2n) is 5.57. The van der Waals surface area contributed by atoms with Gasteiger partial charge in [-0.2, -0.15) is 0 Å². The monoisotopic (exact) mass is 202 g/mol. The third-order valence-corrected chi connectivity index (χ3v) is 4.50. The lowest BCUT2D eigenvalue weighted by Gasteiger charge is -2.44.